The quantitative estimate of drug-likeness (QED) is 0.587. The first-order valence-electron chi connectivity index (χ1n) is 12.1. The first kappa shape index (κ1) is 23.8. The second kappa shape index (κ2) is 9.28. The molecule has 8 nitrogen and oxygen atoms in total. The van der Waals surface area contributed by atoms with Gasteiger partial charge < -0.3 is 14.4 Å². The normalized spacial score (nSPS) is 20.0. The molecule has 2 aromatic carbocycles. The average molecular weight is 499 g/mol. The van der Waals surface area contributed by atoms with Gasteiger partial charge in [0.15, 0.2) is 17.3 Å². The molecule has 2 fully saturated rings. The summed E-state index contributed by atoms with van der Waals surface area (Å²) < 4.78 is 38.8. The SMILES string of the molecule is CC(=O)c1ccc(S(=O)(=O)N2CCN(C(=O)C3(c4ccc5c(c4)OCO5)CCCCC3)CC2)cc1. The second-order valence-corrected chi connectivity index (χ2v) is 11.4. The molecule has 3 aliphatic rings. The largest absolute Gasteiger partial charge is 0.454 e. The highest BCUT2D eigenvalue weighted by Crippen LogP contribution is 2.44. The van der Waals surface area contributed by atoms with E-state index in [9.17, 15) is 18.0 Å². The lowest BCUT2D eigenvalue weighted by Crippen LogP contribution is -2.56. The molecule has 186 valence electrons. The van der Waals surface area contributed by atoms with Crippen molar-refractivity contribution < 1.29 is 27.5 Å². The van der Waals surface area contributed by atoms with Gasteiger partial charge in [0, 0.05) is 31.7 Å². The van der Waals surface area contributed by atoms with E-state index in [0.29, 0.717) is 30.2 Å². The molecular formula is C26H30N2O6S. The molecule has 0 N–H and O–H groups in total. The van der Waals surface area contributed by atoms with Crippen molar-refractivity contribution >= 4 is 21.7 Å². The molecule has 2 aromatic rings. The Morgan fingerprint density at radius 2 is 1.51 bits per heavy atom. The number of rotatable bonds is 5. The van der Waals surface area contributed by atoms with Gasteiger partial charge in [-0.2, -0.15) is 4.31 Å². The fourth-order valence-corrected chi connectivity index (χ4v) is 6.84. The van der Waals surface area contributed by atoms with E-state index >= 15 is 0 Å². The van der Waals surface area contributed by atoms with Gasteiger partial charge in [0.05, 0.1) is 10.3 Å². The maximum atomic E-state index is 14.0. The fraction of sp³-hybridized carbons (Fsp3) is 0.462. The Labute approximate surface area is 205 Å². The molecule has 0 spiro atoms. The Balaban J connectivity index is 1.33. The van der Waals surface area contributed by atoms with Crippen LogP contribution in [0, 0.1) is 0 Å². The zero-order chi connectivity index (χ0) is 24.6. The number of hydrogen-bond donors (Lipinski definition) is 0. The number of hydrogen-bond acceptors (Lipinski definition) is 6. The molecule has 0 radical (unpaired) electrons. The van der Waals surface area contributed by atoms with Gasteiger partial charge in [-0.15, -0.1) is 0 Å². The molecule has 2 aliphatic heterocycles. The van der Waals surface area contributed by atoms with Crippen LogP contribution in [0.2, 0.25) is 0 Å². The van der Waals surface area contributed by atoms with Crippen LogP contribution in [0.15, 0.2) is 47.4 Å². The van der Waals surface area contributed by atoms with Gasteiger partial charge in [0.1, 0.15) is 0 Å². The Morgan fingerprint density at radius 3 is 2.17 bits per heavy atom. The van der Waals surface area contributed by atoms with E-state index in [2.05, 4.69) is 0 Å². The minimum absolute atomic E-state index is 0.0684. The van der Waals surface area contributed by atoms with Crippen molar-refractivity contribution in [1.29, 1.82) is 0 Å². The van der Waals surface area contributed by atoms with Crippen molar-refractivity contribution in [1.82, 2.24) is 9.21 Å². The number of carbonyl (C=O) groups is 2. The molecule has 2 heterocycles. The van der Waals surface area contributed by atoms with Gasteiger partial charge >= 0.3 is 0 Å². The van der Waals surface area contributed by atoms with Crippen molar-refractivity contribution in [3.8, 4) is 11.5 Å². The van der Waals surface area contributed by atoms with Gasteiger partial charge in [-0.05, 0) is 49.6 Å². The predicted octanol–water partition coefficient (Wildman–Crippen LogP) is 3.35. The number of Topliss-reactive ketones (excluding diaryl/α,β-unsaturated/α-hetero) is 1. The molecule has 1 aliphatic carbocycles. The number of carbonyl (C=O) groups excluding carboxylic acids is 2. The third-order valence-electron chi connectivity index (χ3n) is 7.47. The van der Waals surface area contributed by atoms with Gasteiger partial charge in [-0.25, -0.2) is 8.42 Å². The summed E-state index contributed by atoms with van der Waals surface area (Å²) in [6.45, 7) is 2.79. The maximum absolute atomic E-state index is 14.0. The molecule has 0 unspecified atom stereocenters. The van der Waals surface area contributed by atoms with Gasteiger partial charge in [0.25, 0.3) is 0 Å². The van der Waals surface area contributed by atoms with Crippen molar-refractivity contribution in [3.05, 3.63) is 53.6 Å². The highest BCUT2D eigenvalue weighted by molar-refractivity contribution is 7.89. The number of amides is 1. The van der Waals surface area contributed by atoms with Crippen LogP contribution in [0.1, 0.15) is 54.9 Å². The molecule has 35 heavy (non-hydrogen) atoms. The molecule has 9 heteroatoms. The van der Waals surface area contributed by atoms with Crippen LogP contribution in [0.3, 0.4) is 0 Å². The van der Waals surface area contributed by atoms with E-state index in [1.165, 1.54) is 35.5 Å². The number of sulfonamides is 1. The molecule has 5 rings (SSSR count). The summed E-state index contributed by atoms with van der Waals surface area (Å²) in [7, 11) is -3.70. The minimum atomic E-state index is -3.70. The topological polar surface area (TPSA) is 93.2 Å². The Hall–Kier alpha value is -2.91. The summed E-state index contributed by atoms with van der Waals surface area (Å²) in [6, 6.07) is 11.8. The zero-order valence-electron chi connectivity index (χ0n) is 19.9. The zero-order valence-corrected chi connectivity index (χ0v) is 20.7. The summed E-state index contributed by atoms with van der Waals surface area (Å²) in [5.41, 5.74) is 0.802. The summed E-state index contributed by atoms with van der Waals surface area (Å²) in [5.74, 6) is 1.33. The van der Waals surface area contributed by atoms with Crippen molar-refractivity contribution in [2.75, 3.05) is 33.0 Å². The van der Waals surface area contributed by atoms with Gasteiger partial charge in [-0.1, -0.05) is 37.5 Å². The van der Waals surface area contributed by atoms with Crippen molar-refractivity contribution in [2.45, 2.75) is 49.3 Å². The Kier molecular flexibility index (Phi) is 6.31. The van der Waals surface area contributed by atoms with Crippen LogP contribution < -0.4 is 9.47 Å². The Bertz CT molecular complexity index is 1230. The van der Waals surface area contributed by atoms with Gasteiger partial charge in [0.2, 0.25) is 22.7 Å². The Morgan fingerprint density at radius 1 is 0.857 bits per heavy atom. The minimum Gasteiger partial charge on any atom is -0.454 e. The van der Waals surface area contributed by atoms with E-state index in [1.54, 1.807) is 0 Å². The molecule has 0 atom stereocenters. The van der Waals surface area contributed by atoms with E-state index in [4.69, 9.17) is 9.47 Å². The third-order valence-corrected chi connectivity index (χ3v) is 9.38. The molecule has 0 bridgehead atoms. The first-order valence-corrected chi connectivity index (χ1v) is 13.6. The summed E-state index contributed by atoms with van der Waals surface area (Å²) in [6.07, 6.45) is 4.60. The second-order valence-electron chi connectivity index (χ2n) is 9.49. The van der Waals surface area contributed by atoms with Crippen LogP contribution in [0.4, 0.5) is 0 Å². The highest BCUT2D eigenvalue weighted by atomic mass is 32.2. The lowest BCUT2D eigenvalue weighted by atomic mass is 9.68. The molecule has 1 saturated heterocycles. The monoisotopic (exact) mass is 498 g/mol. The van der Waals surface area contributed by atoms with Crippen molar-refractivity contribution in [3.63, 3.8) is 0 Å². The number of fused-ring (bicyclic) bond motifs is 1. The fourth-order valence-electron chi connectivity index (χ4n) is 5.42. The van der Waals surface area contributed by atoms with Crippen LogP contribution in [0.5, 0.6) is 11.5 Å². The summed E-state index contributed by atoms with van der Waals surface area (Å²) >= 11 is 0. The van der Waals surface area contributed by atoms with Crippen LogP contribution in [-0.4, -0.2) is 62.3 Å². The number of nitrogens with zero attached hydrogens (tertiary/aromatic N) is 2. The van der Waals surface area contributed by atoms with Crippen LogP contribution in [0.25, 0.3) is 0 Å². The molecule has 0 aromatic heterocycles. The first-order chi connectivity index (χ1) is 16.8. The van der Waals surface area contributed by atoms with E-state index in [0.717, 1.165) is 37.7 Å². The molecular weight excluding hydrogens is 468 g/mol. The maximum Gasteiger partial charge on any atom is 0.243 e. The number of benzene rings is 2. The summed E-state index contributed by atoms with van der Waals surface area (Å²) in [5, 5.41) is 0. The smallest absolute Gasteiger partial charge is 0.243 e. The summed E-state index contributed by atoms with van der Waals surface area (Å²) in [4.78, 5) is 27.4. The van der Waals surface area contributed by atoms with E-state index in [1.807, 2.05) is 23.1 Å². The number of piperazine rings is 1. The lowest BCUT2D eigenvalue weighted by Gasteiger charge is -2.43. The van der Waals surface area contributed by atoms with E-state index in [-0.39, 0.29) is 36.5 Å². The lowest BCUT2D eigenvalue weighted by molar-refractivity contribution is -0.140. The van der Waals surface area contributed by atoms with E-state index < -0.39 is 15.4 Å². The predicted molar refractivity (Wildman–Crippen MR) is 129 cm³/mol. The van der Waals surface area contributed by atoms with Gasteiger partial charge in [-0.3, -0.25) is 9.59 Å². The third kappa shape index (κ3) is 4.31. The highest BCUT2D eigenvalue weighted by Gasteiger charge is 2.45. The molecule has 1 saturated carbocycles. The number of ether oxygens (including phenoxy) is 2. The standard InChI is InChI=1S/C26H30N2O6S/c1-19(29)20-5-8-22(9-6-20)35(31,32)28-15-13-27(14-16-28)25(30)26(11-3-2-4-12-26)21-7-10-23-24(17-21)34-18-33-23/h5-10,17H,2-4,11-16,18H2,1H3. The van der Waals surface area contributed by atoms with Crippen LogP contribution >= 0.6 is 0 Å². The van der Waals surface area contributed by atoms with Crippen LogP contribution in [-0.2, 0) is 20.2 Å². The van der Waals surface area contributed by atoms with Crippen molar-refractivity contribution in [2.24, 2.45) is 0 Å². The molecule has 1 amide bonds. The average Bonchev–Trinajstić information content (AvgIpc) is 3.37. The number of ketones is 1.